The Hall–Kier alpha value is -2.37. The van der Waals surface area contributed by atoms with Crippen LogP contribution in [0.3, 0.4) is 0 Å². The van der Waals surface area contributed by atoms with Gasteiger partial charge in [-0.25, -0.2) is 0 Å². The SMILES string of the molecule is CCCCCCCCC/C=C\C=C/CCCCCC(=O)OCC(COC(=O)CCCCC/C=C\CCCCCCCCC)OC(=O)CCCCCCCCCCCCCCCCCC. The third-order valence-electron chi connectivity index (χ3n) is 12.4. The Balaban J connectivity index is 4.40. The van der Waals surface area contributed by atoms with Crippen LogP contribution in [-0.2, 0) is 28.6 Å². The number of ether oxygens (including phenoxy) is 3. The number of hydrogen-bond donors (Lipinski definition) is 0. The molecule has 0 N–H and O–H groups in total. The van der Waals surface area contributed by atoms with E-state index in [2.05, 4.69) is 57.2 Å². The first-order chi connectivity index (χ1) is 31.5. The molecule has 0 aliphatic rings. The van der Waals surface area contributed by atoms with E-state index in [0.29, 0.717) is 19.3 Å². The van der Waals surface area contributed by atoms with E-state index in [0.717, 1.165) is 83.5 Å². The fourth-order valence-corrected chi connectivity index (χ4v) is 8.14. The van der Waals surface area contributed by atoms with Crippen molar-refractivity contribution in [2.24, 2.45) is 0 Å². The molecule has 0 aromatic heterocycles. The predicted molar refractivity (Wildman–Crippen MR) is 275 cm³/mol. The highest BCUT2D eigenvalue weighted by Crippen LogP contribution is 2.16. The van der Waals surface area contributed by atoms with Gasteiger partial charge in [0.05, 0.1) is 0 Å². The molecule has 0 aromatic carbocycles. The molecule has 0 aliphatic carbocycles. The van der Waals surface area contributed by atoms with Crippen molar-refractivity contribution in [2.75, 3.05) is 13.2 Å². The van der Waals surface area contributed by atoms with E-state index in [1.807, 2.05) is 0 Å². The molecule has 374 valence electrons. The minimum absolute atomic E-state index is 0.0853. The summed E-state index contributed by atoms with van der Waals surface area (Å²) in [6.45, 7) is 6.63. The number of carbonyl (C=O) groups excluding carboxylic acids is 3. The summed E-state index contributed by atoms with van der Waals surface area (Å²) >= 11 is 0. The van der Waals surface area contributed by atoms with Crippen LogP contribution >= 0.6 is 0 Å². The first-order valence-electron chi connectivity index (χ1n) is 28.0. The van der Waals surface area contributed by atoms with E-state index in [1.165, 1.54) is 173 Å². The van der Waals surface area contributed by atoms with Gasteiger partial charge >= 0.3 is 17.9 Å². The van der Waals surface area contributed by atoms with Gasteiger partial charge in [0.1, 0.15) is 13.2 Å². The van der Waals surface area contributed by atoms with E-state index in [4.69, 9.17) is 14.2 Å². The van der Waals surface area contributed by atoms with Crippen LogP contribution in [0.1, 0.15) is 297 Å². The second kappa shape index (κ2) is 53.2. The third kappa shape index (κ3) is 50.6. The normalized spacial score (nSPS) is 12.2. The summed E-state index contributed by atoms with van der Waals surface area (Å²) < 4.78 is 16.8. The Bertz CT molecular complexity index is 1080. The van der Waals surface area contributed by atoms with E-state index >= 15 is 0 Å². The molecule has 1 atom stereocenters. The van der Waals surface area contributed by atoms with Gasteiger partial charge in [-0.1, -0.05) is 243 Å². The Morgan fingerprint density at radius 2 is 0.562 bits per heavy atom. The third-order valence-corrected chi connectivity index (χ3v) is 12.4. The highest BCUT2D eigenvalue weighted by molar-refractivity contribution is 5.71. The predicted octanol–water partition coefficient (Wildman–Crippen LogP) is 18.5. The average Bonchev–Trinajstić information content (AvgIpc) is 3.29. The van der Waals surface area contributed by atoms with Gasteiger partial charge < -0.3 is 14.2 Å². The van der Waals surface area contributed by atoms with E-state index < -0.39 is 6.10 Å². The van der Waals surface area contributed by atoms with Gasteiger partial charge in [0.15, 0.2) is 6.10 Å². The Kier molecular flexibility index (Phi) is 51.3. The molecular formula is C58H106O6. The van der Waals surface area contributed by atoms with Gasteiger partial charge in [-0.2, -0.15) is 0 Å². The van der Waals surface area contributed by atoms with Crippen LogP contribution < -0.4 is 0 Å². The number of unbranched alkanes of at least 4 members (excludes halogenated alkanes) is 35. The van der Waals surface area contributed by atoms with Crippen LogP contribution in [0.5, 0.6) is 0 Å². The van der Waals surface area contributed by atoms with E-state index in [9.17, 15) is 14.4 Å². The molecule has 6 nitrogen and oxygen atoms in total. The van der Waals surface area contributed by atoms with Crippen molar-refractivity contribution in [3.8, 4) is 0 Å². The second-order valence-electron chi connectivity index (χ2n) is 18.9. The van der Waals surface area contributed by atoms with E-state index in [1.54, 1.807) is 0 Å². The fourth-order valence-electron chi connectivity index (χ4n) is 8.14. The molecule has 0 saturated carbocycles. The molecular weight excluding hydrogens is 793 g/mol. The van der Waals surface area contributed by atoms with Crippen molar-refractivity contribution < 1.29 is 28.6 Å². The highest BCUT2D eigenvalue weighted by atomic mass is 16.6. The summed E-state index contributed by atoms with van der Waals surface area (Å²) in [5, 5.41) is 0. The molecule has 0 spiro atoms. The molecule has 0 amide bonds. The standard InChI is InChI=1S/C58H106O6/c1-4-7-10-13-16-19-22-25-28-30-33-36-39-42-45-48-51-57(60)63-54-55(53-62-56(59)50-47-44-41-38-35-32-27-24-21-18-15-12-9-6-3)64-58(61)52-49-46-43-40-37-34-31-29-26-23-20-17-14-11-8-5-2/h28,30,32-33,35-36,55H,4-27,29,31,34,37-54H2,1-3H3/b30-28-,35-32-,36-33-. The monoisotopic (exact) mass is 899 g/mol. The molecule has 0 rings (SSSR count). The van der Waals surface area contributed by atoms with Crippen molar-refractivity contribution in [1.29, 1.82) is 0 Å². The number of esters is 3. The quantitative estimate of drug-likeness (QED) is 0.0199. The lowest BCUT2D eigenvalue weighted by atomic mass is 10.0. The number of rotatable bonds is 51. The van der Waals surface area contributed by atoms with Crippen molar-refractivity contribution in [1.82, 2.24) is 0 Å². The maximum Gasteiger partial charge on any atom is 0.306 e. The molecule has 0 aliphatic heterocycles. The van der Waals surface area contributed by atoms with Gasteiger partial charge in [0.25, 0.3) is 0 Å². The molecule has 64 heavy (non-hydrogen) atoms. The zero-order valence-corrected chi connectivity index (χ0v) is 42.8. The number of allylic oxidation sites excluding steroid dienone is 6. The van der Waals surface area contributed by atoms with Crippen LogP contribution in [0, 0.1) is 0 Å². The van der Waals surface area contributed by atoms with Crippen molar-refractivity contribution in [3.63, 3.8) is 0 Å². The minimum atomic E-state index is -0.785. The summed E-state index contributed by atoms with van der Waals surface area (Å²) in [5.41, 5.74) is 0. The topological polar surface area (TPSA) is 78.9 Å². The number of hydrogen-bond acceptors (Lipinski definition) is 6. The largest absolute Gasteiger partial charge is 0.462 e. The maximum atomic E-state index is 12.8. The lowest BCUT2D eigenvalue weighted by molar-refractivity contribution is -0.167. The van der Waals surface area contributed by atoms with Crippen molar-refractivity contribution >= 4 is 17.9 Å². The van der Waals surface area contributed by atoms with Crippen molar-refractivity contribution in [2.45, 2.75) is 303 Å². The first-order valence-corrected chi connectivity index (χ1v) is 28.0. The van der Waals surface area contributed by atoms with Crippen molar-refractivity contribution in [3.05, 3.63) is 36.5 Å². The summed E-state index contributed by atoms with van der Waals surface area (Å²) in [4.78, 5) is 38.1. The number of carbonyl (C=O) groups is 3. The van der Waals surface area contributed by atoms with Crippen LogP contribution in [0.4, 0.5) is 0 Å². The summed E-state index contributed by atoms with van der Waals surface area (Å²) in [5.74, 6) is -0.911. The van der Waals surface area contributed by atoms with Gasteiger partial charge in [0, 0.05) is 19.3 Å². The van der Waals surface area contributed by atoms with Gasteiger partial charge in [-0.3, -0.25) is 14.4 Å². The first kappa shape index (κ1) is 61.6. The Labute approximate surface area is 397 Å². The zero-order valence-electron chi connectivity index (χ0n) is 42.8. The molecule has 6 heteroatoms. The highest BCUT2D eigenvalue weighted by Gasteiger charge is 2.19. The second-order valence-corrected chi connectivity index (χ2v) is 18.9. The molecule has 0 saturated heterocycles. The Morgan fingerprint density at radius 1 is 0.312 bits per heavy atom. The minimum Gasteiger partial charge on any atom is -0.462 e. The maximum absolute atomic E-state index is 12.8. The van der Waals surface area contributed by atoms with Gasteiger partial charge in [-0.15, -0.1) is 0 Å². The molecule has 0 bridgehead atoms. The fraction of sp³-hybridized carbons (Fsp3) is 0.845. The molecule has 0 heterocycles. The molecule has 1 unspecified atom stereocenters. The van der Waals surface area contributed by atoms with Crippen LogP contribution in [0.15, 0.2) is 36.5 Å². The lowest BCUT2D eigenvalue weighted by Crippen LogP contribution is -2.30. The van der Waals surface area contributed by atoms with Gasteiger partial charge in [-0.05, 0) is 70.6 Å². The zero-order chi connectivity index (χ0) is 46.5. The van der Waals surface area contributed by atoms with Gasteiger partial charge in [0.2, 0.25) is 0 Å². The Morgan fingerprint density at radius 3 is 0.891 bits per heavy atom. The van der Waals surface area contributed by atoms with Crippen LogP contribution in [0.25, 0.3) is 0 Å². The van der Waals surface area contributed by atoms with Crippen LogP contribution in [0.2, 0.25) is 0 Å². The molecule has 0 fully saturated rings. The summed E-state index contributed by atoms with van der Waals surface area (Å²) in [7, 11) is 0. The summed E-state index contributed by atoms with van der Waals surface area (Å²) in [6.07, 6.45) is 62.7. The van der Waals surface area contributed by atoms with Crippen LogP contribution in [-0.4, -0.2) is 37.2 Å². The smallest absolute Gasteiger partial charge is 0.306 e. The lowest BCUT2D eigenvalue weighted by Gasteiger charge is -2.18. The average molecular weight is 899 g/mol. The van der Waals surface area contributed by atoms with E-state index in [-0.39, 0.29) is 31.1 Å². The molecule has 0 aromatic rings. The molecule has 0 radical (unpaired) electrons. The summed E-state index contributed by atoms with van der Waals surface area (Å²) in [6, 6.07) is 0.